The van der Waals surface area contributed by atoms with E-state index < -0.39 is 0 Å². The average molecular weight is 359 g/mol. The Balaban J connectivity index is 2.04. The fraction of sp³-hybridized carbons (Fsp3) is 0.389. The van der Waals surface area contributed by atoms with Crippen molar-refractivity contribution in [2.75, 3.05) is 14.2 Å². The van der Waals surface area contributed by atoms with E-state index in [1.807, 2.05) is 4.57 Å². The third kappa shape index (κ3) is 3.47. The first-order chi connectivity index (χ1) is 12.2. The first-order valence-corrected chi connectivity index (χ1v) is 8.51. The van der Waals surface area contributed by atoms with Gasteiger partial charge in [-0.15, -0.1) is 10.2 Å². The molecule has 6 nitrogen and oxygen atoms in total. The lowest BCUT2D eigenvalue weighted by Gasteiger charge is -2.10. The maximum atomic E-state index is 9.64. The van der Waals surface area contributed by atoms with Gasteiger partial charge in [-0.2, -0.15) is 5.26 Å². The number of aromatic nitrogens is 3. The molecule has 2 heterocycles. The second-order valence-corrected chi connectivity index (χ2v) is 6.22. The molecule has 0 N–H and O–H groups in total. The van der Waals surface area contributed by atoms with Gasteiger partial charge in [0.05, 0.1) is 24.8 Å². The van der Waals surface area contributed by atoms with Crippen LogP contribution in [-0.2, 0) is 13.0 Å². The second kappa shape index (κ2) is 7.58. The highest BCUT2D eigenvalue weighted by atomic mass is 35.5. The van der Waals surface area contributed by atoms with E-state index in [2.05, 4.69) is 16.3 Å². The SMILES string of the molecule is COc1cc(/C=C(/C#N)c2nnc3n2CCCCC3)cc(Cl)c1OC. The number of hydrogen-bond donors (Lipinski definition) is 0. The lowest BCUT2D eigenvalue weighted by Crippen LogP contribution is -2.05. The molecule has 2 aromatic rings. The fourth-order valence-electron chi connectivity index (χ4n) is 3.02. The lowest BCUT2D eigenvalue weighted by molar-refractivity contribution is 0.355. The minimum atomic E-state index is 0.422. The van der Waals surface area contributed by atoms with Crippen LogP contribution in [0.1, 0.15) is 36.5 Å². The summed E-state index contributed by atoms with van der Waals surface area (Å²) in [5.74, 6) is 2.53. The van der Waals surface area contributed by atoms with E-state index in [0.29, 0.717) is 27.9 Å². The van der Waals surface area contributed by atoms with Gasteiger partial charge in [-0.1, -0.05) is 18.0 Å². The van der Waals surface area contributed by atoms with E-state index >= 15 is 0 Å². The summed E-state index contributed by atoms with van der Waals surface area (Å²) >= 11 is 6.25. The number of benzene rings is 1. The number of ether oxygens (including phenoxy) is 2. The first kappa shape index (κ1) is 17.3. The molecule has 1 aromatic heterocycles. The van der Waals surface area contributed by atoms with Crippen molar-refractivity contribution in [2.45, 2.75) is 32.2 Å². The predicted octanol–water partition coefficient (Wildman–Crippen LogP) is 3.74. The van der Waals surface area contributed by atoms with Crippen LogP contribution in [0, 0.1) is 11.3 Å². The molecule has 130 valence electrons. The molecule has 1 aliphatic rings. The van der Waals surface area contributed by atoms with Crippen molar-refractivity contribution in [3.8, 4) is 17.6 Å². The van der Waals surface area contributed by atoms with Crippen molar-refractivity contribution < 1.29 is 9.47 Å². The Hall–Kier alpha value is -2.52. The summed E-state index contributed by atoms with van der Waals surface area (Å²) in [4.78, 5) is 0. The van der Waals surface area contributed by atoms with Crippen LogP contribution in [0.2, 0.25) is 5.02 Å². The van der Waals surface area contributed by atoms with Gasteiger partial charge in [-0.3, -0.25) is 0 Å². The van der Waals surface area contributed by atoms with Gasteiger partial charge in [0.1, 0.15) is 11.9 Å². The molecule has 25 heavy (non-hydrogen) atoms. The Morgan fingerprint density at radius 1 is 1.24 bits per heavy atom. The van der Waals surface area contributed by atoms with Crippen molar-refractivity contribution in [1.29, 1.82) is 5.26 Å². The highest BCUT2D eigenvalue weighted by Crippen LogP contribution is 2.37. The zero-order chi connectivity index (χ0) is 17.8. The summed E-state index contributed by atoms with van der Waals surface area (Å²) in [6.45, 7) is 0.837. The monoisotopic (exact) mass is 358 g/mol. The first-order valence-electron chi connectivity index (χ1n) is 8.13. The van der Waals surface area contributed by atoms with Crippen molar-refractivity contribution >= 4 is 23.3 Å². The van der Waals surface area contributed by atoms with E-state index in [-0.39, 0.29) is 0 Å². The van der Waals surface area contributed by atoms with Gasteiger partial charge >= 0.3 is 0 Å². The third-order valence-corrected chi connectivity index (χ3v) is 4.52. The summed E-state index contributed by atoms with van der Waals surface area (Å²) < 4.78 is 12.6. The number of methoxy groups -OCH3 is 2. The molecule has 0 spiro atoms. The minimum absolute atomic E-state index is 0.422. The van der Waals surface area contributed by atoms with Gasteiger partial charge in [0.25, 0.3) is 0 Å². The summed E-state index contributed by atoms with van der Waals surface area (Å²) in [7, 11) is 3.08. The number of allylic oxidation sites excluding steroid dienone is 1. The maximum absolute atomic E-state index is 9.64. The third-order valence-electron chi connectivity index (χ3n) is 4.24. The molecule has 0 radical (unpaired) electrons. The summed E-state index contributed by atoms with van der Waals surface area (Å²) in [6, 6.07) is 5.75. The fourth-order valence-corrected chi connectivity index (χ4v) is 3.32. The van der Waals surface area contributed by atoms with E-state index in [9.17, 15) is 5.26 Å². The van der Waals surface area contributed by atoms with E-state index in [1.54, 1.807) is 25.3 Å². The Morgan fingerprint density at radius 2 is 2.08 bits per heavy atom. The van der Waals surface area contributed by atoms with Crippen LogP contribution in [0.15, 0.2) is 12.1 Å². The molecular formula is C18H19ClN4O2. The molecule has 3 rings (SSSR count). The molecule has 0 amide bonds. The number of rotatable bonds is 4. The highest BCUT2D eigenvalue weighted by Gasteiger charge is 2.18. The van der Waals surface area contributed by atoms with E-state index in [0.717, 1.165) is 37.2 Å². The van der Waals surface area contributed by atoms with Gasteiger partial charge in [-0.05, 0) is 36.6 Å². The predicted molar refractivity (Wildman–Crippen MR) is 95.6 cm³/mol. The van der Waals surface area contributed by atoms with Gasteiger partial charge in [0, 0.05) is 13.0 Å². The van der Waals surface area contributed by atoms with Gasteiger partial charge in [-0.25, -0.2) is 0 Å². The maximum Gasteiger partial charge on any atom is 0.179 e. The van der Waals surface area contributed by atoms with Gasteiger partial charge in [0.2, 0.25) is 0 Å². The molecule has 0 aliphatic carbocycles. The zero-order valence-corrected chi connectivity index (χ0v) is 15.0. The topological polar surface area (TPSA) is 73.0 Å². The van der Waals surface area contributed by atoms with Gasteiger partial charge in [0.15, 0.2) is 17.3 Å². The molecular weight excluding hydrogens is 340 g/mol. The number of hydrogen-bond acceptors (Lipinski definition) is 5. The standard InChI is InChI=1S/C18H19ClN4O2/c1-24-15-10-12(9-14(19)17(15)25-2)8-13(11-20)18-22-21-16-6-4-3-5-7-23(16)18/h8-10H,3-7H2,1-2H3/b13-8-. The molecule has 0 bridgehead atoms. The largest absolute Gasteiger partial charge is 0.493 e. The normalized spacial score (nSPS) is 14.4. The summed E-state index contributed by atoms with van der Waals surface area (Å²) in [5, 5.41) is 18.6. The molecule has 0 unspecified atom stereocenters. The van der Waals surface area contributed by atoms with Crippen LogP contribution in [0.25, 0.3) is 11.6 Å². The molecule has 7 heteroatoms. The smallest absolute Gasteiger partial charge is 0.179 e. The number of aryl methyl sites for hydroxylation is 1. The Kier molecular flexibility index (Phi) is 5.25. The molecule has 0 fully saturated rings. The van der Waals surface area contributed by atoms with Crippen molar-refractivity contribution in [2.24, 2.45) is 0 Å². The van der Waals surface area contributed by atoms with Crippen molar-refractivity contribution in [1.82, 2.24) is 14.8 Å². The summed E-state index contributed by atoms with van der Waals surface area (Å²) in [5.41, 5.74) is 1.19. The number of fused-ring (bicyclic) bond motifs is 1. The van der Waals surface area contributed by atoms with Crippen molar-refractivity contribution in [3.63, 3.8) is 0 Å². The Labute approximate surface area is 151 Å². The number of halogens is 1. The Bertz CT molecular complexity index is 851. The van der Waals surface area contributed by atoms with Crippen LogP contribution in [0.5, 0.6) is 11.5 Å². The van der Waals surface area contributed by atoms with Gasteiger partial charge < -0.3 is 14.0 Å². The molecule has 0 saturated heterocycles. The van der Waals surface area contributed by atoms with Crippen molar-refractivity contribution in [3.05, 3.63) is 34.4 Å². The van der Waals surface area contributed by atoms with Crippen LogP contribution >= 0.6 is 11.6 Å². The summed E-state index contributed by atoms with van der Waals surface area (Å²) in [6.07, 6.45) is 5.98. The van der Waals surface area contributed by atoms with Crippen LogP contribution < -0.4 is 9.47 Å². The molecule has 1 aliphatic heterocycles. The van der Waals surface area contributed by atoms with Crippen LogP contribution in [0.3, 0.4) is 0 Å². The molecule has 0 saturated carbocycles. The van der Waals surface area contributed by atoms with Crippen LogP contribution in [-0.4, -0.2) is 29.0 Å². The highest BCUT2D eigenvalue weighted by molar-refractivity contribution is 6.32. The lowest BCUT2D eigenvalue weighted by atomic mass is 10.1. The number of nitriles is 1. The van der Waals surface area contributed by atoms with E-state index in [1.165, 1.54) is 13.5 Å². The van der Waals surface area contributed by atoms with Crippen LogP contribution in [0.4, 0.5) is 0 Å². The number of nitrogens with zero attached hydrogens (tertiary/aromatic N) is 4. The minimum Gasteiger partial charge on any atom is -0.493 e. The Morgan fingerprint density at radius 3 is 2.80 bits per heavy atom. The van der Waals surface area contributed by atoms with E-state index in [4.69, 9.17) is 21.1 Å². The molecule has 0 atom stereocenters. The quantitative estimate of drug-likeness (QED) is 0.778. The zero-order valence-electron chi connectivity index (χ0n) is 14.3. The average Bonchev–Trinajstić information content (AvgIpc) is 2.87. The molecule has 1 aromatic carbocycles. The second-order valence-electron chi connectivity index (χ2n) is 5.81.